The molecule has 2 amide bonds. The number of hydrazone groups is 1. The molecule has 1 aliphatic carbocycles. The van der Waals surface area contributed by atoms with E-state index in [9.17, 15) is 9.59 Å². The van der Waals surface area contributed by atoms with Crippen LogP contribution in [0.25, 0.3) is 10.8 Å². The minimum atomic E-state index is -0.346. The van der Waals surface area contributed by atoms with Crippen molar-refractivity contribution in [3.63, 3.8) is 0 Å². The van der Waals surface area contributed by atoms with Crippen LogP contribution < -0.4 is 10.7 Å². The second-order valence-electron chi connectivity index (χ2n) is 8.60. The Kier molecular flexibility index (Phi) is 6.14. The topological polar surface area (TPSA) is 83.7 Å². The largest absolute Gasteiger partial charge is 0.455 e. The van der Waals surface area contributed by atoms with Gasteiger partial charge in [0.1, 0.15) is 5.76 Å². The van der Waals surface area contributed by atoms with Crippen molar-refractivity contribution in [2.24, 2.45) is 5.10 Å². The number of aryl methyl sites for hydroxylation is 1. The van der Waals surface area contributed by atoms with Crippen molar-refractivity contribution in [3.8, 4) is 0 Å². The molecular formula is C28H24ClN3O3. The van der Waals surface area contributed by atoms with Crippen LogP contribution in [0.4, 0.5) is 5.69 Å². The highest BCUT2D eigenvalue weighted by Gasteiger charge is 2.28. The number of furan rings is 1. The van der Waals surface area contributed by atoms with E-state index in [1.54, 1.807) is 24.3 Å². The smallest absolute Gasteiger partial charge is 0.291 e. The summed E-state index contributed by atoms with van der Waals surface area (Å²) in [6.45, 7) is 3.69. The van der Waals surface area contributed by atoms with Crippen LogP contribution in [-0.2, 0) is 6.42 Å². The molecule has 4 aromatic rings. The quantitative estimate of drug-likeness (QED) is 0.327. The normalized spacial score (nSPS) is 14.1. The molecule has 1 aliphatic rings. The third-order valence-electron chi connectivity index (χ3n) is 6.37. The van der Waals surface area contributed by atoms with Gasteiger partial charge in [0.15, 0.2) is 5.76 Å². The first-order valence-electron chi connectivity index (χ1n) is 11.5. The molecule has 0 fully saturated rings. The van der Waals surface area contributed by atoms with Crippen LogP contribution in [0.15, 0.2) is 70.2 Å². The third-order valence-corrected chi connectivity index (χ3v) is 6.78. The van der Waals surface area contributed by atoms with E-state index in [0.717, 1.165) is 28.3 Å². The number of nitrogens with one attached hydrogen (secondary N) is 2. The fourth-order valence-electron chi connectivity index (χ4n) is 4.52. The van der Waals surface area contributed by atoms with Gasteiger partial charge >= 0.3 is 0 Å². The van der Waals surface area contributed by atoms with Gasteiger partial charge in [0.25, 0.3) is 11.8 Å². The summed E-state index contributed by atoms with van der Waals surface area (Å²) in [7, 11) is 0. The zero-order valence-corrected chi connectivity index (χ0v) is 20.2. The molecule has 0 unspecified atom stereocenters. The van der Waals surface area contributed by atoms with Crippen LogP contribution in [0, 0.1) is 13.8 Å². The van der Waals surface area contributed by atoms with E-state index >= 15 is 0 Å². The molecule has 0 aliphatic heterocycles. The van der Waals surface area contributed by atoms with Gasteiger partial charge in [-0.1, -0.05) is 54.1 Å². The second-order valence-corrected chi connectivity index (χ2v) is 9.01. The lowest BCUT2D eigenvalue weighted by Gasteiger charge is -2.13. The van der Waals surface area contributed by atoms with Gasteiger partial charge in [-0.25, -0.2) is 5.43 Å². The van der Waals surface area contributed by atoms with Gasteiger partial charge in [-0.3, -0.25) is 9.59 Å². The summed E-state index contributed by atoms with van der Waals surface area (Å²) in [5, 5.41) is 9.79. The molecule has 6 nitrogen and oxygen atoms in total. The first-order chi connectivity index (χ1) is 16.9. The molecular weight excluding hydrogens is 462 g/mol. The van der Waals surface area contributed by atoms with Crippen LogP contribution in [0.2, 0.25) is 5.02 Å². The molecule has 0 atom stereocenters. The Morgan fingerprint density at radius 3 is 2.54 bits per heavy atom. The van der Waals surface area contributed by atoms with E-state index in [1.165, 1.54) is 0 Å². The van der Waals surface area contributed by atoms with Gasteiger partial charge in [-0.05, 0) is 61.2 Å². The standard InChI is InChI=1S/C28H24ClN3O3/c1-16-21(29)12-6-13-22(16)30-28(34)26-17(2)25-23(14-7-15-24(25)35-26)31-32-27(33)20-11-5-9-18-8-3-4-10-19(18)20/h3-6,8-13H,7,14-15H2,1-2H3,(H,30,34)(H,32,33)/b31-23+. The predicted molar refractivity (Wildman–Crippen MR) is 138 cm³/mol. The SMILES string of the molecule is Cc1c(Cl)cccc1NC(=O)c1oc2c(c1C)/C(=N/NC(=O)c1cccc3ccccc13)CCC2. The van der Waals surface area contributed by atoms with E-state index in [0.29, 0.717) is 46.2 Å². The fraction of sp³-hybridized carbons (Fsp3) is 0.179. The number of amides is 2. The lowest BCUT2D eigenvalue weighted by atomic mass is 9.93. The van der Waals surface area contributed by atoms with Gasteiger partial charge in [0.2, 0.25) is 0 Å². The molecule has 5 rings (SSSR count). The van der Waals surface area contributed by atoms with Crippen molar-refractivity contribution in [3.05, 3.63) is 99.5 Å². The number of carbonyl (C=O) groups is 2. The van der Waals surface area contributed by atoms with E-state index in [2.05, 4.69) is 15.8 Å². The number of carbonyl (C=O) groups excluding carboxylic acids is 2. The van der Waals surface area contributed by atoms with Gasteiger partial charge in [0.05, 0.1) is 5.71 Å². The number of fused-ring (bicyclic) bond motifs is 2. The lowest BCUT2D eigenvalue weighted by molar-refractivity contribution is 0.0955. The molecule has 2 N–H and O–H groups in total. The third kappa shape index (κ3) is 4.33. The number of nitrogens with zero attached hydrogens (tertiary/aromatic N) is 1. The molecule has 0 radical (unpaired) electrons. The number of benzene rings is 3. The van der Waals surface area contributed by atoms with Crippen molar-refractivity contribution in [2.75, 3.05) is 5.32 Å². The zero-order chi connectivity index (χ0) is 24.5. The molecule has 176 valence electrons. The number of anilines is 1. The average molecular weight is 486 g/mol. The van der Waals surface area contributed by atoms with Gasteiger partial charge in [-0.15, -0.1) is 0 Å². The van der Waals surface area contributed by atoms with E-state index in [-0.39, 0.29) is 17.6 Å². The molecule has 1 heterocycles. The predicted octanol–water partition coefficient (Wildman–Crippen LogP) is 6.43. The first-order valence-corrected chi connectivity index (χ1v) is 11.9. The minimum absolute atomic E-state index is 0.240. The Labute approximate surface area is 208 Å². The summed E-state index contributed by atoms with van der Waals surface area (Å²) in [6.07, 6.45) is 2.20. The monoisotopic (exact) mass is 485 g/mol. The van der Waals surface area contributed by atoms with Gasteiger partial charge in [0, 0.05) is 33.8 Å². The maximum absolute atomic E-state index is 13.0. The van der Waals surface area contributed by atoms with Crippen LogP contribution in [0.3, 0.4) is 0 Å². The fourth-order valence-corrected chi connectivity index (χ4v) is 4.70. The summed E-state index contributed by atoms with van der Waals surface area (Å²) in [6, 6.07) is 18.7. The number of rotatable bonds is 4. The maximum Gasteiger partial charge on any atom is 0.291 e. The summed E-state index contributed by atoms with van der Waals surface area (Å²) < 4.78 is 5.98. The Hall–Kier alpha value is -3.90. The van der Waals surface area contributed by atoms with Crippen molar-refractivity contribution in [1.29, 1.82) is 0 Å². The highest BCUT2D eigenvalue weighted by atomic mass is 35.5. The molecule has 0 saturated carbocycles. The Bertz CT molecular complexity index is 1500. The van der Waals surface area contributed by atoms with E-state index < -0.39 is 0 Å². The summed E-state index contributed by atoms with van der Waals surface area (Å²) in [5.41, 5.74) is 6.90. The van der Waals surface area contributed by atoms with Crippen molar-refractivity contribution < 1.29 is 14.0 Å². The molecule has 35 heavy (non-hydrogen) atoms. The first kappa shape index (κ1) is 22.9. The molecule has 0 bridgehead atoms. The zero-order valence-electron chi connectivity index (χ0n) is 19.4. The summed E-state index contributed by atoms with van der Waals surface area (Å²) >= 11 is 6.19. The summed E-state index contributed by atoms with van der Waals surface area (Å²) in [5.74, 6) is 0.322. The van der Waals surface area contributed by atoms with Crippen molar-refractivity contribution in [1.82, 2.24) is 5.43 Å². The van der Waals surface area contributed by atoms with Crippen LogP contribution >= 0.6 is 11.6 Å². The van der Waals surface area contributed by atoms with E-state index in [4.69, 9.17) is 16.0 Å². The lowest BCUT2D eigenvalue weighted by Crippen LogP contribution is -2.22. The van der Waals surface area contributed by atoms with Crippen molar-refractivity contribution in [2.45, 2.75) is 33.1 Å². The maximum atomic E-state index is 13.0. The highest BCUT2D eigenvalue weighted by molar-refractivity contribution is 6.31. The molecule has 0 spiro atoms. The Balaban J connectivity index is 1.41. The van der Waals surface area contributed by atoms with Crippen molar-refractivity contribution >= 4 is 45.6 Å². The average Bonchev–Trinajstić information content (AvgIpc) is 3.22. The molecule has 0 saturated heterocycles. The van der Waals surface area contributed by atoms with E-state index in [1.807, 2.05) is 50.2 Å². The van der Waals surface area contributed by atoms with Gasteiger partial charge in [-0.2, -0.15) is 5.10 Å². The molecule has 3 aromatic carbocycles. The number of hydrogen-bond donors (Lipinski definition) is 2. The Morgan fingerprint density at radius 2 is 1.69 bits per heavy atom. The minimum Gasteiger partial charge on any atom is -0.455 e. The van der Waals surface area contributed by atoms with Crippen LogP contribution in [0.5, 0.6) is 0 Å². The Morgan fingerprint density at radius 1 is 0.914 bits per heavy atom. The van der Waals surface area contributed by atoms with Crippen LogP contribution in [-0.4, -0.2) is 17.5 Å². The summed E-state index contributed by atoms with van der Waals surface area (Å²) in [4.78, 5) is 26.0. The molecule has 1 aromatic heterocycles. The highest BCUT2D eigenvalue weighted by Crippen LogP contribution is 2.31. The number of hydrogen-bond acceptors (Lipinski definition) is 4. The second kappa shape index (κ2) is 9.39. The number of halogens is 1. The van der Waals surface area contributed by atoms with Crippen LogP contribution in [0.1, 0.15) is 56.2 Å². The molecule has 7 heteroatoms. The van der Waals surface area contributed by atoms with Gasteiger partial charge < -0.3 is 9.73 Å².